The molecule has 0 amide bonds. The van der Waals surface area contributed by atoms with Crippen LogP contribution in [0.25, 0.3) is 0 Å². The number of aromatic nitrogens is 2. The Hall–Kier alpha value is -2.02. The molecule has 146 valence electrons. The molecule has 1 aliphatic heterocycles. The zero-order chi connectivity index (χ0) is 19.2. The fourth-order valence-electron chi connectivity index (χ4n) is 3.38. The van der Waals surface area contributed by atoms with Crippen LogP contribution in [0.15, 0.2) is 46.1 Å². The summed E-state index contributed by atoms with van der Waals surface area (Å²) in [6.07, 6.45) is 5.00. The molecular weight excluding hydrogens is 404 g/mol. The summed E-state index contributed by atoms with van der Waals surface area (Å²) in [5.74, 6) is 2.46. The largest absolute Gasteiger partial charge is 0.369 e. The van der Waals surface area contributed by atoms with Gasteiger partial charge in [0, 0.05) is 55.3 Å². The van der Waals surface area contributed by atoms with Gasteiger partial charge >= 0.3 is 0 Å². The summed E-state index contributed by atoms with van der Waals surface area (Å²) >= 11 is 3.50. The molecule has 1 aromatic carbocycles. The number of imidazole rings is 1. The lowest BCUT2D eigenvalue weighted by atomic mass is 10.2. The number of benzene rings is 1. The van der Waals surface area contributed by atoms with Crippen molar-refractivity contribution in [3.05, 3.63) is 47.0 Å². The first kappa shape index (κ1) is 19.7. The lowest BCUT2D eigenvalue weighted by Gasteiger charge is -2.20. The molecular formula is C20H29BrN6. The molecule has 0 aliphatic carbocycles. The van der Waals surface area contributed by atoms with E-state index >= 15 is 0 Å². The molecule has 0 spiro atoms. The summed E-state index contributed by atoms with van der Waals surface area (Å²) in [4.78, 5) is 11.3. The third-order valence-corrected chi connectivity index (χ3v) is 5.25. The minimum absolute atomic E-state index is 0.384. The van der Waals surface area contributed by atoms with Crippen LogP contribution in [0.4, 0.5) is 5.69 Å². The second kappa shape index (κ2) is 9.26. The van der Waals surface area contributed by atoms with Crippen molar-refractivity contribution < 1.29 is 0 Å². The summed E-state index contributed by atoms with van der Waals surface area (Å²) in [7, 11) is 1.82. The van der Waals surface area contributed by atoms with Gasteiger partial charge in [0.2, 0.25) is 0 Å². The van der Waals surface area contributed by atoms with Gasteiger partial charge in [0.05, 0.1) is 6.54 Å². The van der Waals surface area contributed by atoms with E-state index in [4.69, 9.17) is 0 Å². The second-order valence-electron chi connectivity index (χ2n) is 7.37. The molecule has 2 N–H and O–H groups in total. The first-order valence-electron chi connectivity index (χ1n) is 9.53. The lowest BCUT2D eigenvalue weighted by molar-refractivity contribution is 0.503. The molecule has 1 aliphatic rings. The van der Waals surface area contributed by atoms with Crippen LogP contribution in [0.2, 0.25) is 0 Å². The van der Waals surface area contributed by atoms with Crippen LogP contribution >= 0.6 is 15.9 Å². The Balaban J connectivity index is 1.51. The molecule has 0 saturated carbocycles. The van der Waals surface area contributed by atoms with Gasteiger partial charge in [-0.15, -0.1) is 0 Å². The highest BCUT2D eigenvalue weighted by atomic mass is 79.9. The highest BCUT2D eigenvalue weighted by molar-refractivity contribution is 9.10. The van der Waals surface area contributed by atoms with Crippen LogP contribution in [0.5, 0.6) is 0 Å². The molecule has 0 bridgehead atoms. The van der Waals surface area contributed by atoms with Crippen LogP contribution in [0, 0.1) is 5.92 Å². The number of aliphatic imine (C=N–C) groups is 1. The number of hydrogen-bond donors (Lipinski definition) is 2. The van der Waals surface area contributed by atoms with Gasteiger partial charge in [0.25, 0.3) is 0 Å². The second-order valence-corrected chi connectivity index (χ2v) is 8.28. The Morgan fingerprint density at radius 2 is 2.11 bits per heavy atom. The molecule has 7 heteroatoms. The summed E-state index contributed by atoms with van der Waals surface area (Å²) in [6.45, 7) is 8.11. The lowest BCUT2D eigenvalue weighted by Crippen LogP contribution is -2.44. The van der Waals surface area contributed by atoms with Crippen LogP contribution in [0.3, 0.4) is 0 Å². The van der Waals surface area contributed by atoms with Gasteiger partial charge in [-0.25, -0.2) is 4.98 Å². The number of anilines is 1. The maximum Gasteiger partial charge on any atom is 0.191 e. The van der Waals surface area contributed by atoms with E-state index in [0.29, 0.717) is 18.5 Å². The number of nitrogens with zero attached hydrogens (tertiary/aromatic N) is 4. The van der Waals surface area contributed by atoms with Crippen molar-refractivity contribution in [3.63, 3.8) is 0 Å². The average molecular weight is 433 g/mol. The number of nitrogens with one attached hydrogen (secondary N) is 2. The van der Waals surface area contributed by atoms with Gasteiger partial charge in [0.15, 0.2) is 5.96 Å². The van der Waals surface area contributed by atoms with Crippen LogP contribution < -0.4 is 15.5 Å². The van der Waals surface area contributed by atoms with Crippen molar-refractivity contribution in [3.8, 4) is 0 Å². The summed E-state index contributed by atoms with van der Waals surface area (Å²) < 4.78 is 3.32. The van der Waals surface area contributed by atoms with Crippen molar-refractivity contribution in [2.45, 2.75) is 39.4 Å². The van der Waals surface area contributed by atoms with Gasteiger partial charge in [-0.3, -0.25) is 4.99 Å². The Morgan fingerprint density at radius 1 is 1.33 bits per heavy atom. The van der Waals surface area contributed by atoms with Gasteiger partial charge < -0.3 is 20.1 Å². The topological polar surface area (TPSA) is 57.5 Å². The van der Waals surface area contributed by atoms with E-state index in [0.717, 1.165) is 42.3 Å². The Bertz CT molecular complexity index is 752. The van der Waals surface area contributed by atoms with E-state index < -0.39 is 0 Å². The van der Waals surface area contributed by atoms with Gasteiger partial charge in [-0.05, 0) is 36.6 Å². The normalized spacial score (nSPS) is 17.6. The van der Waals surface area contributed by atoms with E-state index in [1.54, 1.807) is 0 Å². The minimum Gasteiger partial charge on any atom is -0.369 e. The maximum atomic E-state index is 4.47. The highest BCUT2D eigenvalue weighted by Gasteiger charge is 2.23. The SMILES string of the molecule is CN=C(NCc1nccn1CC(C)C)NC1CCN(c2ccc(Br)cc2)C1. The molecule has 2 aromatic rings. The summed E-state index contributed by atoms with van der Waals surface area (Å²) in [5, 5.41) is 6.96. The predicted octanol–water partition coefficient (Wildman–Crippen LogP) is 3.25. The molecule has 6 nitrogen and oxygen atoms in total. The minimum atomic E-state index is 0.384. The number of hydrogen-bond acceptors (Lipinski definition) is 3. The van der Waals surface area contributed by atoms with Gasteiger partial charge in [-0.1, -0.05) is 29.8 Å². The van der Waals surface area contributed by atoms with Crippen molar-refractivity contribution >= 4 is 27.6 Å². The quantitative estimate of drug-likeness (QED) is 0.543. The molecule has 1 fully saturated rings. The molecule has 1 saturated heterocycles. The molecule has 1 aromatic heterocycles. The third-order valence-electron chi connectivity index (χ3n) is 4.72. The van der Waals surface area contributed by atoms with E-state index in [1.807, 2.05) is 19.4 Å². The van der Waals surface area contributed by atoms with Crippen molar-refractivity contribution in [2.75, 3.05) is 25.0 Å². The standard InChI is InChI=1S/C20H29BrN6/c1-15(2)13-27-11-9-23-19(27)12-24-20(22-3)25-17-8-10-26(14-17)18-6-4-16(21)5-7-18/h4-7,9,11,15,17H,8,10,12-14H2,1-3H3,(H2,22,24,25). The third kappa shape index (κ3) is 5.48. The fourth-order valence-corrected chi connectivity index (χ4v) is 3.65. The number of halogens is 1. The van der Waals surface area contributed by atoms with Crippen LogP contribution in [-0.2, 0) is 13.1 Å². The summed E-state index contributed by atoms with van der Waals surface area (Å²) in [6, 6.07) is 8.89. The van der Waals surface area contributed by atoms with Gasteiger partial charge in [0.1, 0.15) is 5.82 Å². The van der Waals surface area contributed by atoms with Crippen LogP contribution in [0.1, 0.15) is 26.1 Å². The monoisotopic (exact) mass is 432 g/mol. The van der Waals surface area contributed by atoms with Crippen molar-refractivity contribution in [2.24, 2.45) is 10.9 Å². The van der Waals surface area contributed by atoms with E-state index in [-0.39, 0.29) is 0 Å². The number of rotatable bonds is 6. The van der Waals surface area contributed by atoms with E-state index in [2.05, 4.69) is 84.1 Å². The summed E-state index contributed by atoms with van der Waals surface area (Å²) in [5.41, 5.74) is 1.26. The molecule has 3 rings (SSSR count). The zero-order valence-corrected chi connectivity index (χ0v) is 17.9. The smallest absolute Gasteiger partial charge is 0.191 e. The Labute approximate surface area is 170 Å². The average Bonchev–Trinajstić information content (AvgIpc) is 3.28. The van der Waals surface area contributed by atoms with E-state index in [1.165, 1.54) is 5.69 Å². The predicted molar refractivity (Wildman–Crippen MR) is 115 cm³/mol. The Kier molecular flexibility index (Phi) is 6.77. The molecule has 27 heavy (non-hydrogen) atoms. The first-order valence-corrected chi connectivity index (χ1v) is 10.3. The zero-order valence-electron chi connectivity index (χ0n) is 16.3. The van der Waals surface area contributed by atoms with Crippen molar-refractivity contribution in [1.29, 1.82) is 0 Å². The first-order chi connectivity index (χ1) is 13.0. The highest BCUT2D eigenvalue weighted by Crippen LogP contribution is 2.22. The molecule has 0 radical (unpaired) electrons. The maximum absolute atomic E-state index is 4.47. The van der Waals surface area contributed by atoms with Crippen molar-refractivity contribution in [1.82, 2.24) is 20.2 Å². The van der Waals surface area contributed by atoms with Gasteiger partial charge in [-0.2, -0.15) is 0 Å². The van der Waals surface area contributed by atoms with E-state index in [9.17, 15) is 0 Å². The number of guanidine groups is 1. The fraction of sp³-hybridized carbons (Fsp3) is 0.500. The van der Waals surface area contributed by atoms with Crippen LogP contribution in [-0.4, -0.2) is 41.7 Å². The Morgan fingerprint density at radius 3 is 2.81 bits per heavy atom. The molecule has 2 heterocycles. The molecule has 1 atom stereocenters. The molecule has 1 unspecified atom stereocenters.